The topological polar surface area (TPSA) is 54.9 Å². The number of carbonyl (C=O) groups is 1. The summed E-state index contributed by atoms with van der Waals surface area (Å²) in [6.07, 6.45) is -3.81. The first-order valence-electron chi connectivity index (χ1n) is 8.22. The van der Waals surface area contributed by atoms with Crippen molar-refractivity contribution in [1.29, 1.82) is 0 Å². The Morgan fingerprint density at radius 1 is 1.11 bits per heavy atom. The number of thioether (sulfide) groups is 1. The first-order chi connectivity index (χ1) is 12.9. The second-order valence-corrected chi connectivity index (χ2v) is 6.72. The Labute approximate surface area is 158 Å². The number of rotatable bonds is 5. The molecule has 4 nitrogen and oxygen atoms in total. The van der Waals surface area contributed by atoms with E-state index in [4.69, 9.17) is 0 Å². The van der Waals surface area contributed by atoms with Crippen LogP contribution in [0.2, 0.25) is 0 Å². The number of carbonyl (C=O) groups excluding carboxylic acids is 1. The molecule has 0 saturated carbocycles. The molecule has 140 valence electrons. The van der Waals surface area contributed by atoms with E-state index in [9.17, 15) is 18.0 Å². The summed E-state index contributed by atoms with van der Waals surface area (Å²) in [4.78, 5) is 19.4. The number of nitrogens with zero attached hydrogens (tertiary/aromatic N) is 2. The minimum absolute atomic E-state index is 0.0609. The zero-order valence-electron chi connectivity index (χ0n) is 14.4. The van der Waals surface area contributed by atoms with Crippen molar-refractivity contribution in [2.24, 2.45) is 0 Å². The summed E-state index contributed by atoms with van der Waals surface area (Å²) in [5, 5.41) is 3.37. The van der Waals surface area contributed by atoms with Gasteiger partial charge in [0.05, 0.1) is 11.3 Å². The van der Waals surface area contributed by atoms with Crippen molar-refractivity contribution < 1.29 is 18.0 Å². The molecular formula is C19H16F3N3OS. The van der Waals surface area contributed by atoms with Crippen molar-refractivity contribution in [2.45, 2.75) is 24.5 Å². The number of hydrogen-bond donors (Lipinski definition) is 1. The zero-order valence-corrected chi connectivity index (χ0v) is 15.2. The van der Waals surface area contributed by atoms with Crippen molar-refractivity contribution >= 4 is 34.3 Å². The fourth-order valence-electron chi connectivity index (χ4n) is 2.48. The van der Waals surface area contributed by atoms with Gasteiger partial charge in [0.1, 0.15) is 5.03 Å². The van der Waals surface area contributed by atoms with Gasteiger partial charge in [-0.3, -0.25) is 4.79 Å². The maximum Gasteiger partial charge on any atom is 0.451 e. The average molecular weight is 391 g/mol. The molecule has 0 atom stereocenters. The van der Waals surface area contributed by atoms with Gasteiger partial charge in [0.2, 0.25) is 11.7 Å². The van der Waals surface area contributed by atoms with E-state index in [1.165, 1.54) is 6.07 Å². The quantitative estimate of drug-likeness (QED) is 0.494. The highest BCUT2D eigenvalue weighted by Crippen LogP contribution is 2.32. The van der Waals surface area contributed by atoms with Gasteiger partial charge in [-0.1, -0.05) is 49.0 Å². The smallest absolute Gasteiger partial charge is 0.325 e. The second-order valence-electron chi connectivity index (χ2n) is 5.76. The third kappa shape index (κ3) is 4.77. The van der Waals surface area contributed by atoms with Crippen LogP contribution in [0.1, 0.15) is 18.3 Å². The van der Waals surface area contributed by atoms with Crippen LogP contribution < -0.4 is 5.32 Å². The molecule has 8 heteroatoms. The summed E-state index contributed by atoms with van der Waals surface area (Å²) < 4.78 is 39.1. The van der Waals surface area contributed by atoms with E-state index in [2.05, 4.69) is 15.3 Å². The normalized spacial score (nSPS) is 11.6. The monoisotopic (exact) mass is 391 g/mol. The zero-order chi connectivity index (χ0) is 19.4. The largest absolute Gasteiger partial charge is 0.451 e. The highest BCUT2D eigenvalue weighted by atomic mass is 32.2. The Balaban J connectivity index is 1.78. The van der Waals surface area contributed by atoms with Crippen LogP contribution in [0.3, 0.4) is 0 Å². The number of benzene rings is 2. The molecule has 0 radical (unpaired) electrons. The lowest BCUT2D eigenvalue weighted by Gasteiger charge is -2.10. The molecule has 0 unspecified atom stereocenters. The van der Waals surface area contributed by atoms with E-state index in [-0.39, 0.29) is 22.2 Å². The maximum atomic E-state index is 13.0. The van der Waals surface area contributed by atoms with Crippen LogP contribution in [0.4, 0.5) is 18.9 Å². The van der Waals surface area contributed by atoms with Gasteiger partial charge < -0.3 is 5.32 Å². The van der Waals surface area contributed by atoms with Crippen molar-refractivity contribution in [3.63, 3.8) is 0 Å². The van der Waals surface area contributed by atoms with E-state index >= 15 is 0 Å². The van der Waals surface area contributed by atoms with Crippen molar-refractivity contribution in [1.82, 2.24) is 9.97 Å². The van der Waals surface area contributed by atoms with Gasteiger partial charge in [-0.05, 0) is 30.2 Å². The van der Waals surface area contributed by atoms with E-state index in [1.54, 1.807) is 24.3 Å². The number of hydrogen-bond acceptors (Lipinski definition) is 4. The van der Waals surface area contributed by atoms with Gasteiger partial charge in [-0.25, -0.2) is 9.97 Å². The number of amides is 1. The molecule has 0 bridgehead atoms. The number of aromatic nitrogens is 2. The Kier molecular flexibility index (Phi) is 5.65. The number of para-hydroxylation sites is 1. The standard InChI is InChI=1S/C19H16F3N3OS/c1-2-12-6-5-7-13(10-12)23-16(26)11-27-17-14-8-3-4-9-15(14)24-18(25-17)19(20,21)22/h3-10H,2,11H2,1H3,(H,23,26). The molecule has 0 fully saturated rings. The van der Waals surface area contributed by atoms with Crippen LogP contribution in [0.5, 0.6) is 0 Å². The molecule has 27 heavy (non-hydrogen) atoms. The number of alkyl halides is 3. The molecule has 1 heterocycles. The van der Waals surface area contributed by atoms with Gasteiger partial charge in [0.25, 0.3) is 0 Å². The molecule has 1 amide bonds. The summed E-state index contributed by atoms with van der Waals surface area (Å²) in [5.74, 6) is -1.58. The Bertz CT molecular complexity index is 976. The van der Waals surface area contributed by atoms with Crippen molar-refractivity contribution in [2.75, 3.05) is 11.1 Å². The van der Waals surface area contributed by atoms with E-state index in [0.29, 0.717) is 11.1 Å². The van der Waals surface area contributed by atoms with Crippen molar-refractivity contribution in [3.05, 3.63) is 59.9 Å². The third-order valence-electron chi connectivity index (χ3n) is 3.78. The second kappa shape index (κ2) is 7.96. The van der Waals surface area contributed by atoms with E-state index < -0.39 is 12.0 Å². The third-order valence-corrected chi connectivity index (χ3v) is 4.77. The number of fused-ring (bicyclic) bond motifs is 1. The van der Waals surface area contributed by atoms with Gasteiger partial charge in [0, 0.05) is 11.1 Å². The summed E-state index contributed by atoms with van der Waals surface area (Å²) in [6, 6.07) is 13.9. The molecule has 3 rings (SSSR count). The van der Waals surface area contributed by atoms with Gasteiger partial charge in [-0.2, -0.15) is 13.2 Å². The first kappa shape index (κ1) is 19.2. The highest BCUT2D eigenvalue weighted by Gasteiger charge is 2.35. The van der Waals surface area contributed by atoms with Crippen molar-refractivity contribution in [3.8, 4) is 0 Å². The SMILES string of the molecule is CCc1cccc(NC(=O)CSc2nc(C(F)(F)F)nc3ccccc23)c1. The first-order valence-corrected chi connectivity index (χ1v) is 9.21. The lowest BCUT2D eigenvalue weighted by Crippen LogP contribution is -2.15. The number of nitrogens with one attached hydrogen (secondary N) is 1. The molecule has 2 aromatic carbocycles. The molecule has 1 aromatic heterocycles. The minimum Gasteiger partial charge on any atom is -0.325 e. The fraction of sp³-hybridized carbons (Fsp3) is 0.211. The fourth-order valence-corrected chi connectivity index (χ4v) is 3.30. The maximum absolute atomic E-state index is 13.0. The molecule has 0 spiro atoms. The predicted octanol–water partition coefficient (Wildman–Crippen LogP) is 4.94. The Morgan fingerprint density at radius 3 is 2.63 bits per heavy atom. The predicted molar refractivity (Wildman–Crippen MR) is 99.7 cm³/mol. The number of aryl methyl sites for hydroxylation is 1. The molecule has 0 aliphatic rings. The molecule has 0 aliphatic carbocycles. The van der Waals surface area contributed by atoms with E-state index in [1.807, 2.05) is 25.1 Å². The van der Waals surface area contributed by atoms with E-state index in [0.717, 1.165) is 23.7 Å². The summed E-state index contributed by atoms with van der Waals surface area (Å²) in [7, 11) is 0. The van der Waals surface area contributed by atoms with Crippen LogP contribution in [0.25, 0.3) is 10.9 Å². The summed E-state index contributed by atoms with van der Waals surface area (Å²) >= 11 is 0.954. The van der Waals surface area contributed by atoms with Gasteiger partial charge in [-0.15, -0.1) is 0 Å². The minimum atomic E-state index is -4.65. The molecular weight excluding hydrogens is 375 g/mol. The number of halogens is 3. The molecule has 0 aliphatic heterocycles. The lowest BCUT2D eigenvalue weighted by molar-refractivity contribution is -0.145. The number of anilines is 1. The molecule has 1 N–H and O–H groups in total. The Morgan fingerprint density at radius 2 is 1.89 bits per heavy atom. The summed E-state index contributed by atoms with van der Waals surface area (Å²) in [5.41, 5.74) is 1.93. The van der Waals surface area contributed by atoms with Crippen LogP contribution in [0.15, 0.2) is 53.6 Å². The van der Waals surface area contributed by atoms with Gasteiger partial charge in [0.15, 0.2) is 0 Å². The lowest BCUT2D eigenvalue weighted by atomic mass is 10.1. The van der Waals surface area contributed by atoms with Gasteiger partial charge >= 0.3 is 6.18 Å². The van der Waals surface area contributed by atoms with Crippen LogP contribution in [0, 0.1) is 0 Å². The van der Waals surface area contributed by atoms with Crippen LogP contribution >= 0.6 is 11.8 Å². The molecule has 3 aromatic rings. The summed E-state index contributed by atoms with van der Waals surface area (Å²) in [6.45, 7) is 2.01. The average Bonchev–Trinajstić information content (AvgIpc) is 2.65. The highest BCUT2D eigenvalue weighted by molar-refractivity contribution is 8.00. The molecule has 0 saturated heterocycles. The van der Waals surface area contributed by atoms with Crippen LogP contribution in [-0.2, 0) is 17.4 Å². The Hall–Kier alpha value is -2.61. The van der Waals surface area contributed by atoms with Crippen LogP contribution in [-0.4, -0.2) is 21.6 Å².